The first kappa shape index (κ1) is 20.3. The summed E-state index contributed by atoms with van der Waals surface area (Å²) in [5.74, 6) is -0.768. The smallest absolute Gasteiger partial charge is 0.328 e. The number of nitrogens with zero attached hydrogens (tertiary/aromatic N) is 2. The summed E-state index contributed by atoms with van der Waals surface area (Å²) in [6.07, 6.45) is 1.57. The topological polar surface area (TPSA) is 85.5 Å². The second-order valence-electron chi connectivity index (χ2n) is 8.67. The molecule has 2 atom stereocenters. The molecule has 32 heavy (non-hydrogen) atoms. The van der Waals surface area contributed by atoms with Gasteiger partial charge in [-0.3, -0.25) is 9.59 Å². The molecule has 2 aromatic carbocycles. The normalized spacial score (nSPS) is 21.0. The summed E-state index contributed by atoms with van der Waals surface area (Å²) in [7, 11) is 0. The van der Waals surface area contributed by atoms with Crippen LogP contribution in [0.15, 0.2) is 48.5 Å². The zero-order chi connectivity index (χ0) is 22.6. The Morgan fingerprint density at radius 1 is 1.16 bits per heavy atom. The quantitative estimate of drug-likeness (QED) is 0.618. The van der Waals surface area contributed by atoms with Crippen molar-refractivity contribution in [1.29, 1.82) is 0 Å². The lowest BCUT2D eigenvalue weighted by Crippen LogP contribution is -2.49. The lowest BCUT2D eigenvalue weighted by molar-refractivity contribution is -0.137. The van der Waals surface area contributed by atoms with Crippen LogP contribution in [0.5, 0.6) is 0 Å². The molecule has 1 aromatic heterocycles. The SMILES string of the molecule is CCc1ccc(NC(=O)[C@H](C)N2C(=O)N3CCc4c([nH]c5ccccc45)C3(C)C2=O)cc1. The van der Waals surface area contributed by atoms with Crippen LogP contribution in [0.2, 0.25) is 0 Å². The number of imide groups is 1. The van der Waals surface area contributed by atoms with Crippen LogP contribution in [-0.2, 0) is 28.0 Å². The van der Waals surface area contributed by atoms with Gasteiger partial charge in [-0.1, -0.05) is 37.3 Å². The second-order valence-corrected chi connectivity index (χ2v) is 8.67. The monoisotopic (exact) mass is 430 g/mol. The minimum atomic E-state index is -1.15. The van der Waals surface area contributed by atoms with Gasteiger partial charge in [-0.05, 0) is 56.0 Å². The largest absolute Gasteiger partial charge is 0.356 e. The van der Waals surface area contributed by atoms with Gasteiger partial charge in [0.1, 0.15) is 6.04 Å². The molecule has 2 aliphatic heterocycles. The molecular formula is C25H26N4O3. The number of carbonyl (C=O) groups excluding carboxylic acids is 3. The average Bonchev–Trinajstić information content (AvgIpc) is 3.28. The number of fused-ring (bicyclic) bond motifs is 5. The number of nitrogens with one attached hydrogen (secondary N) is 2. The van der Waals surface area contributed by atoms with Crippen molar-refractivity contribution in [2.75, 3.05) is 11.9 Å². The van der Waals surface area contributed by atoms with Crippen molar-refractivity contribution in [3.63, 3.8) is 0 Å². The third-order valence-electron chi connectivity index (χ3n) is 6.89. The number of urea groups is 1. The molecule has 0 radical (unpaired) electrons. The van der Waals surface area contributed by atoms with E-state index < -0.39 is 23.5 Å². The van der Waals surface area contributed by atoms with E-state index in [4.69, 9.17) is 0 Å². The predicted molar refractivity (Wildman–Crippen MR) is 122 cm³/mol. The molecule has 0 saturated carbocycles. The number of aromatic amines is 1. The van der Waals surface area contributed by atoms with E-state index in [1.165, 1.54) is 5.56 Å². The lowest BCUT2D eigenvalue weighted by atomic mass is 9.87. The van der Waals surface area contributed by atoms with E-state index in [0.29, 0.717) is 18.7 Å². The molecule has 3 aromatic rings. The van der Waals surface area contributed by atoms with Gasteiger partial charge in [-0.25, -0.2) is 9.69 Å². The van der Waals surface area contributed by atoms with Gasteiger partial charge in [0.2, 0.25) is 5.91 Å². The van der Waals surface area contributed by atoms with Gasteiger partial charge in [0.05, 0.1) is 5.69 Å². The minimum Gasteiger partial charge on any atom is -0.356 e. The maximum atomic E-state index is 13.7. The van der Waals surface area contributed by atoms with Crippen molar-refractivity contribution in [2.45, 2.75) is 45.2 Å². The van der Waals surface area contributed by atoms with Gasteiger partial charge >= 0.3 is 6.03 Å². The van der Waals surface area contributed by atoms with E-state index in [9.17, 15) is 14.4 Å². The summed E-state index contributed by atoms with van der Waals surface area (Å²) in [5, 5.41) is 3.91. The number of rotatable bonds is 4. The number of aryl methyl sites for hydroxylation is 1. The maximum Gasteiger partial charge on any atom is 0.328 e. The molecular weight excluding hydrogens is 404 g/mol. The Morgan fingerprint density at radius 3 is 2.59 bits per heavy atom. The molecule has 7 heteroatoms. The van der Waals surface area contributed by atoms with Crippen molar-refractivity contribution < 1.29 is 14.4 Å². The zero-order valence-electron chi connectivity index (χ0n) is 18.4. The van der Waals surface area contributed by atoms with Crippen molar-refractivity contribution >= 4 is 34.4 Å². The second kappa shape index (κ2) is 7.22. The molecule has 1 saturated heterocycles. The summed E-state index contributed by atoms with van der Waals surface area (Å²) >= 11 is 0. The number of H-pyrrole nitrogens is 1. The van der Waals surface area contributed by atoms with Crippen LogP contribution >= 0.6 is 0 Å². The van der Waals surface area contributed by atoms with Crippen LogP contribution in [0.25, 0.3) is 10.9 Å². The van der Waals surface area contributed by atoms with Gasteiger partial charge < -0.3 is 15.2 Å². The average molecular weight is 431 g/mol. The highest BCUT2D eigenvalue weighted by atomic mass is 16.2. The molecule has 2 aliphatic rings. The van der Waals surface area contributed by atoms with Crippen molar-refractivity contribution in [2.24, 2.45) is 0 Å². The highest BCUT2D eigenvalue weighted by molar-refractivity contribution is 6.12. The lowest BCUT2D eigenvalue weighted by Gasteiger charge is -2.36. The first-order chi connectivity index (χ1) is 15.4. The van der Waals surface area contributed by atoms with Gasteiger partial charge in [-0.2, -0.15) is 0 Å². The van der Waals surface area contributed by atoms with E-state index >= 15 is 0 Å². The summed E-state index contributed by atoms with van der Waals surface area (Å²) in [6.45, 7) is 5.86. The Labute approximate surface area is 186 Å². The minimum absolute atomic E-state index is 0.376. The standard InChI is InChI=1S/C25H26N4O3/c1-4-16-9-11-17(12-10-16)26-22(30)15(2)29-23(31)25(3)21-19(13-14-28(25)24(29)32)18-7-5-6-8-20(18)27-21/h5-12,15,27H,4,13-14H2,1-3H3,(H,26,30)/t15-,25?/m0/s1. The summed E-state index contributed by atoms with van der Waals surface area (Å²) in [5.41, 5.74) is 3.41. The predicted octanol–water partition coefficient (Wildman–Crippen LogP) is 3.79. The van der Waals surface area contributed by atoms with E-state index in [0.717, 1.165) is 33.5 Å². The molecule has 1 fully saturated rings. The number of anilines is 1. The Morgan fingerprint density at radius 2 is 1.88 bits per heavy atom. The maximum absolute atomic E-state index is 13.7. The number of hydrogen-bond acceptors (Lipinski definition) is 3. The molecule has 4 amide bonds. The molecule has 1 unspecified atom stereocenters. The van der Waals surface area contributed by atoms with Crippen LogP contribution in [0.4, 0.5) is 10.5 Å². The molecule has 0 bridgehead atoms. The summed E-state index contributed by atoms with van der Waals surface area (Å²) < 4.78 is 0. The fraction of sp³-hybridized carbons (Fsp3) is 0.320. The molecule has 0 spiro atoms. The number of benzene rings is 2. The fourth-order valence-electron chi connectivity index (χ4n) is 4.95. The van der Waals surface area contributed by atoms with E-state index in [1.54, 1.807) is 18.7 Å². The highest BCUT2D eigenvalue weighted by Gasteiger charge is 2.60. The van der Waals surface area contributed by atoms with Crippen molar-refractivity contribution in [3.8, 4) is 0 Å². The Balaban J connectivity index is 1.45. The van der Waals surface area contributed by atoms with Crippen LogP contribution in [0.3, 0.4) is 0 Å². The first-order valence-electron chi connectivity index (χ1n) is 11.0. The third kappa shape index (κ3) is 2.77. The third-order valence-corrected chi connectivity index (χ3v) is 6.89. The Kier molecular flexibility index (Phi) is 4.58. The number of para-hydroxylation sites is 1. The molecule has 7 nitrogen and oxygen atoms in total. The van der Waals surface area contributed by atoms with Crippen LogP contribution in [0, 0.1) is 0 Å². The number of carbonyl (C=O) groups is 3. The fourth-order valence-corrected chi connectivity index (χ4v) is 4.95. The van der Waals surface area contributed by atoms with E-state index in [-0.39, 0.29) is 5.91 Å². The van der Waals surface area contributed by atoms with Crippen LogP contribution in [-0.4, -0.2) is 45.2 Å². The number of amides is 4. The first-order valence-corrected chi connectivity index (χ1v) is 11.0. The summed E-state index contributed by atoms with van der Waals surface area (Å²) in [4.78, 5) is 46.0. The molecule has 0 aliphatic carbocycles. The van der Waals surface area contributed by atoms with Crippen molar-refractivity contribution in [3.05, 3.63) is 65.4 Å². The molecule has 3 heterocycles. The molecule has 5 rings (SSSR count). The van der Waals surface area contributed by atoms with Gasteiger partial charge in [0, 0.05) is 23.1 Å². The van der Waals surface area contributed by atoms with Gasteiger partial charge in [0.15, 0.2) is 5.54 Å². The highest BCUT2D eigenvalue weighted by Crippen LogP contribution is 2.44. The molecule has 164 valence electrons. The number of hydrogen-bond donors (Lipinski definition) is 2. The number of aromatic nitrogens is 1. The molecule has 2 N–H and O–H groups in total. The van der Waals surface area contributed by atoms with Crippen LogP contribution in [0.1, 0.15) is 37.6 Å². The van der Waals surface area contributed by atoms with Gasteiger partial charge in [-0.15, -0.1) is 0 Å². The van der Waals surface area contributed by atoms with Crippen LogP contribution < -0.4 is 5.32 Å². The van der Waals surface area contributed by atoms with E-state index in [2.05, 4.69) is 17.2 Å². The Hall–Kier alpha value is -3.61. The zero-order valence-corrected chi connectivity index (χ0v) is 18.4. The Bertz CT molecular complexity index is 1250. The van der Waals surface area contributed by atoms with E-state index in [1.807, 2.05) is 48.5 Å². The van der Waals surface area contributed by atoms with Gasteiger partial charge in [0.25, 0.3) is 5.91 Å². The van der Waals surface area contributed by atoms with Crippen molar-refractivity contribution in [1.82, 2.24) is 14.8 Å². The summed E-state index contributed by atoms with van der Waals surface area (Å²) in [6, 6.07) is 14.1.